The largest absolute Gasteiger partial charge is 0.378 e. The van der Waals surface area contributed by atoms with E-state index in [4.69, 9.17) is 4.74 Å². The zero-order valence-electron chi connectivity index (χ0n) is 13.3. The minimum absolute atomic E-state index is 0.00260. The summed E-state index contributed by atoms with van der Waals surface area (Å²) in [6.07, 6.45) is 4.14. The molecule has 23 heavy (non-hydrogen) atoms. The Labute approximate surface area is 135 Å². The smallest absolute Gasteiger partial charge is 0.226 e. The molecule has 2 heterocycles. The Morgan fingerprint density at radius 2 is 2.35 bits per heavy atom. The van der Waals surface area contributed by atoms with E-state index in [1.807, 2.05) is 37.4 Å². The Morgan fingerprint density at radius 1 is 1.48 bits per heavy atom. The van der Waals surface area contributed by atoms with Gasteiger partial charge in [0, 0.05) is 37.1 Å². The second-order valence-corrected chi connectivity index (χ2v) is 5.74. The number of hydrogen-bond acceptors (Lipinski definition) is 4. The number of ether oxygens (including phenoxy) is 1. The van der Waals surface area contributed by atoms with E-state index in [1.165, 1.54) is 0 Å². The van der Waals surface area contributed by atoms with Gasteiger partial charge in [0.25, 0.3) is 0 Å². The lowest BCUT2D eigenvalue weighted by molar-refractivity contribution is -0.117. The van der Waals surface area contributed by atoms with Crippen molar-refractivity contribution in [2.24, 2.45) is 0 Å². The molecule has 1 aliphatic rings. The third kappa shape index (κ3) is 4.18. The molecule has 0 spiro atoms. The van der Waals surface area contributed by atoms with Crippen molar-refractivity contribution in [3.63, 3.8) is 0 Å². The highest BCUT2D eigenvalue weighted by Gasteiger charge is 2.17. The summed E-state index contributed by atoms with van der Waals surface area (Å²) in [7, 11) is 0. The van der Waals surface area contributed by atoms with Gasteiger partial charge in [-0.3, -0.25) is 4.79 Å². The standard InChI is InChI=1S/C17H22N4O2/c1-13-18-6-8-21(13)11-14-4-2-3-5-16(14)20-17(22)10-15-12-23-9-7-19-15/h2-6,8,15,19H,7,9-12H2,1H3,(H,20,22)/t15-/m0/s1. The Bertz CT molecular complexity index is 662. The molecule has 0 aliphatic carbocycles. The molecular formula is C17H22N4O2. The summed E-state index contributed by atoms with van der Waals surface area (Å²) < 4.78 is 7.44. The van der Waals surface area contributed by atoms with E-state index in [2.05, 4.69) is 20.2 Å². The number of benzene rings is 1. The molecule has 122 valence electrons. The minimum atomic E-state index is 0.00260. The van der Waals surface area contributed by atoms with E-state index in [0.29, 0.717) is 26.2 Å². The number of carbonyl (C=O) groups excluding carboxylic acids is 1. The number of anilines is 1. The van der Waals surface area contributed by atoms with Crippen LogP contribution in [0.2, 0.25) is 0 Å². The molecule has 2 aromatic rings. The fourth-order valence-corrected chi connectivity index (χ4v) is 2.71. The molecule has 6 nitrogen and oxygen atoms in total. The first kappa shape index (κ1) is 15.7. The van der Waals surface area contributed by atoms with Crippen LogP contribution < -0.4 is 10.6 Å². The van der Waals surface area contributed by atoms with E-state index >= 15 is 0 Å². The summed E-state index contributed by atoms with van der Waals surface area (Å²) in [4.78, 5) is 16.5. The number of hydrogen-bond donors (Lipinski definition) is 2. The summed E-state index contributed by atoms with van der Waals surface area (Å²) in [6.45, 7) is 4.76. The molecule has 0 unspecified atom stereocenters. The Morgan fingerprint density at radius 3 is 3.09 bits per heavy atom. The summed E-state index contributed by atoms with van der Waals surface area (Å²) in [5.74, 6) is 0.956. The second kappa shape index (κ2) is 7.39. The van der Waals surface area contributed by atoms with Crippen molar-refractivity contribution in [3.8, 4) is 0 Å². The van der Waals surface area contributed by atoms with E-state index in [-0.39, 0.29) is 11.9 Å². The molecule has 1 aromatic heterocycles. The molecule has 0 radical (unpaired) electrons. The maximum atomic E-state index is 12.3. The third-order valence-electron chi connectivity index (χ3n) is 3.99. The molecule has 1 atom stereocenters. The van der Waals surface area contributed by atoms with Crippen LogP contribution in [0.15, 0.2) is 36.7 Å². The molecule has 1 aliphatic heterocycles. The summed E-state index contributed by atoms with van der Waals surface area (Å²) in [6, 6.07) is 7.96. The lowest BCUT2D eigenvalue weighted by atomic mass is 10.1. The average Bonchev–Trinajstić information content (AvgIpc) is 2.95. The lowest BCUT2D eigenvalue weighted by Gasteiger charge is -2.23. The Balaban J connectivity index is 1.65. The zero-order chi connectivity index (χ0) is 16.1. The SMILES string of the molecule is Cc1nccn1Cc1ccccc1NC(=O)C[C@H]1COCCN1. The number of morpholine rings is 1. The molecule has 6 heteroatoms. The van der Waals surface area contributed by atoms with Crippen LogP contribution in [0, 0.1) is 6.92 Å². The maximum absolute atomic E-state index is 12.3. The summed E-state index contributed by atoms with van der Waals surface area (Å²) in [5, 5.41) is 6.32. The lowest BCUT2D eigenvalue weighted by Crippen LogP contribution is -2.43. The topological polar surface area (TPSA) is 68.2 Å². The van der Waals surface area contributed by atoms with Crippen molar-refractivity contribution in [1.29, 1.82) is 0 Å². The van der Waals surface area contributed by atoms with Gasteiger partial charge in [0.15, 0.2) is 0 Å². The van der Waals surface area contributed by atoms with Crippen LogP contribution in [0.4, 0.5) is 5.69 Å². The molecule has 1 amide bonds. The van der Waals surface area contributed by atoms with Crippen molar-refractivity contribution in [1.82, 2.24) is 14.9 Å². The van der Waals surface area contributed by atoms with Crippen LogP contribution in [0.3, 0.4) is 0 Å². The highest BCUT2D eigenvalue weighted by Crippen LogP contribution is 2.17. The van der Waals surface area contributed by atoms with Gasteiger partial charge in [-0.1, -0.05) is 18.2 Å². The quantitative estimate of drug-likeness (QED) is 0.879. The van der Waals surface area contributed by atoms with E-state index < -0.39 is 0 Å². The van der Waals surface area contributed by atoms with Gasteiger partial charge >= 0.3 is 0 Å². The highest BCUT2D eigenvalue weighted by atomic mass is 16.5. The number of rotatable bonds is 5. The number of imidazole rings is 1. The van der Waals surface area contributed by atoms with Crippen LogP contribution in [0.1, 0.15) is 17.8 Å². The van der Waals surface area contributed by atoms with Crippen LogP contribution in [0.5, 0.6) is 0 Å². The number of aryl methyl sites for hydroxylation is 1. The maximum Gasteiger partial charge on any atom is 0.226 e. The fourth-order valence-electron chi connectivity index (χ4n) is 2.71. The van der Waals surface area contributed by atoms with Gasteiger partial charge in [-0.2, -0.15) is 0 Å². The number of aromatic nitrogens is 2. The first-order valence-corrected chi connectivity index (χ1v) is 7.89. The molecular weight excluding hydrogens is 292 g/mol. The van der Waals surface area contributed by atoms with Crippen LogP contribution in [-0.4, -0.2) is 41.3 Å². The number of amides is 1. The minimum Gasteiger partial charge on any atom is -0.378 e. The Hall–Kier alpha value is -2.18. The molecule has 0 saturated carbocycles. The first-order chi connectivity index (χ1) is 11.2. The molecule has 1 aromatic carbocycles. The summed E-state index contributed by atoms with van der Waals surface area (Å²) in [5.41, 5.74) is 1.91. The fraction of sp³-hybridized carbons (Fsp3) is 0.412. The second-order valence-electron chi connectivity index (χ2n) is 5.74. The third-order valence-corrected chi connectivity index (χ3v) is 3.99. The van der Waals surface area contributed by atoms with Gasteiger partial charge in [-0.15, -0.1) is 0 Å². The first-order valence-electron chi connectivity index (χ1n) is 7.89. The monoisotopic (exact) mass is 314 g/mol. The molecule has 1 fully saturated rings. The molecule has 1 saturated heterocycles. The number of nitrogens with zero attached hydrogens (tertiary/aromatic N) is 2. The van der Waals surface area contributed by atoms with Crippen molar-refractivity contribution in [3.05, 3.63) is 48.0 Å². The van der Waals surface area contributed by atoms with Gasteiger partial charge in [0.2, 0.25) is 5.91 Å². The van der Waals surface area contributed by atoms with Crippen molar-refractivity contribution < 1.29 is 9.53 Å². The van der Waals surface area contributed by atoms with Gasteiger partial charge < -0.3 is 19.9 Å². The van der Waals surface area contributed by atoms with E-state index in [1.54, 1.807) is 6.20 Å². The van der Waals surface area contributed by atoms with E-state index in [9.17, 15) is 4.79 Å². The summed E-state index contributed by atoms with van der Waals surface area (Å²) >= 11 is 0. The van der Waals surface area contributed by atoms with Crippen LogP contribution >= 0.6 is 0 Å². The van der Waals surface area contributed by atoms with Gasteiger partial charge in [-0.25, -0.2) is 4.98 Å². The number of para-hydroxylation sites is 1. The van der Waals surface area contributed by atoms with Gasteiger partial charge in [-0.05, 0) is 18.6 Å². The zero-order valence-corrected chi connectivity index (χ0v) is 13.3. The predicted molar refractivity (Wildman–Crippen MR) is 88.4 cm³/mol. The molecule has 2 N–H and O–H groups in total. The van der Waals surface area contributed by atoms with Gasteiger partial charge in [0.05, 0.1) is 19.8 Å². The number of nitrogens with one attached hydrogen (secondary N) is 2. The van der Waals surface area contributed by atoms with Crippen molar-refractivity contribution >= 4 is 11.6 Å². The van der Waals surface area contributed by atoms with Crippen LogP contribution in [-0.2, 0) is 16.1 Å². The van der Waals surface area contributed by atoms with E-state index in [0.717, 1.165) is 23.6 Å². The molecule has 0 bridgehead atoms. The number of carbonyl (C=O) groups is 1. The normalized spacial score (nSPS) is 17.9. The Kier molecular flexibility index (Phi) is 5.05. The van der Waals surface area contributed by atoms with Crippen LogP contribution in [0.25, 0.3) is 0 Å². The average molecular weight is 314 g/mol. The van der Waals surface area contributed by atoms with Crippen molar-refractivity contribution in [2.45, 2.75) is 25.9 Å². The highest BCUT2D eigenvalue weighted by molar-refractivity contribution is 5.91. The van der Waals surface area contributed by atoms with Gasteiger partial charge in [0.1, 0.15) is 5.82 Å². The van der Waals surface area contributed by atoms with Crippen molar-refractivity contribution in [2.75, 3.05) is 25.1 Å². The molecule has 3 rings (SSSR count). The predicted octanol–water partition coefficient (Wildman–Crippen LogP) is 1.56.